The second-order valence-corrected chi connectivity index (χ2v) is 8.19. The van der Waals surface area contributed by atoms with Crippen LogP contribution in [0.4, 0.5) is 0 Å². The van der Waals surface area contributed by atoms with Crippen molar-refractivity contribution < 1.29 is 13.2 Å². The highest BCUT2D eigenvalue weighted by molar-refractivity contribution is 7.89. The van der Waals surface area contributed by atoms with E-state index < -0.39 is 10.0 Å². The topological polar surface area (TPSA) is 68.3 Å². The number of hydrogen-bond acceptors (Lipinski definition) is 4. The zero-order valence-corrected chi connectivity index (χ0v) is 15.2. The predicted molar refractivity (Wildman–Crippen MR) is 96.8 cm³/mol. The molecule has 2 aromatic rings. The molecule has 0 amide bonds. The van der Waals surface area contributed by atoms with E-state index in [0.29, 0.717) is 18.1 Å². The van der Waals surface area contributed by atoms with Gasteiger partial charge in [0, 0.05) is 18.3 Å². The average Bonchev–Trinajstić information content (AvgIpc) is 3.03. The number of nitrogens with zero attached hydrogens (tertiary/aromatic N) is 1. The molecule has 3 rings (SSSR count). The molecule has 1 aromatic carbocycles. The lowest BCUT2D eigenvalue weighted by molar-refractivity contribution is 0.183. The zero-order valence-electron chi connectivity index (χ0n) is 14.4. The summed E-state index contributed by atoms with van der Waals surface area (Å²) < 4.78 is 33.7. The van der Waals surface area contributed by atoms with E-state index in [0.717, 1.165) is 30.4 Å². The van der Waals surface area contributed by atoms with E-state index in [1.165, 1.54) is 0 Å². The Hall–Kier alpha value is -1.76. The van der Waals surface area contributed by atoms with Gasteiger partial charge in [0.2, 0.25) is 10.0 Å². The Kier molecular flexibility index (Phi) is 5.83. The van der Waals surface area contributed by atoms with E-state index in [9.17, 15) is 8.42 Å². The SMILES string of the molecule is CCCc1ccc(S(=O)(=O)N[C@H]2COC[C@H]2Cc2ccncc2)cc1. The van der Waals surface area contributed by atoms with E-state index in [1.54, 1.807) is 24.5 Å². The molecule has 0 saturated carbocycles. The van der Waals surface area contributed by atoms with Crippen molar-refractivity contribution in [2.75, 3.05) is 13.2 Å². The minimum atomic E-state index is -3.54. The van der Waals surface area contributed by atoms with Gasteiger partial charge < -0.3 is 4.74 Å². The van der Waals surface area contributed by atoms with Crippen molar-refractivity contribution in [2.45, 2.75) is 37.1 Å². The van der Waals surface area contributed by atoms with Crippen LogP contribution in [0.15, 0.2) is 53.7 Å². The molecule has 1 aliphatic heterocycles. The molecule has 5 nitrogen and oxygen atoms in total. The van der Waals surface area contributed by atoms with Crippen molar-refractivity contribution in [3.8, 4) is 0 Å². The molecular weight excluding hydrogens is 336 g/mol. The van der Waals surface area contributed by atoms with Gasteiger partial charge in [-0.3, -0.25) is 4.98 Å². The smallest absolute Gasteiger partial charge is 0.240 e. The lowest BCUT2D eigenvalue weighted by atomic mass is 9.96. The predicted octanol–water partition coefficient (Wildman–Crippen LogP) is 2.57. The summed E-state index contributed by atoms with van der Waals surface area (Å²) in [5.41, 5.74) is 2.29. The van der Waals surface area contributed by atoms with E-state index in [1.807, 2.05) is 24.3 Å². The number of ether oxygens (including phenoxy) is 1. The monoisotopic (exact) mass is 360 g/mol. The number of aryl methyl sites for hydroxylation is 1. The van der Waals surface area contributed by atoms with Crippen molar-refractivity contribution in [1.29, 1.82) is 0 Å². The Morgan fingerprint density at radius 1 is 1.08 bits per heavy atom. The first-order valence-electron chi connectivity index (χ1n) is 8.66. The number of aromatic nitrogens is 1. The van der Waals surface area contributed by atoms with Crippen LogP contribution in [0.1, 0.15) is 24.5 Å². The Labute approximate surface area is 149 Å². The third-order valence-electron chi connectivity index (χ3n) is 4.52. The lowest BCUT2D eigenvalue weighted by Crippen LogP contribution is -2.40. The second-order valence-electron chi connectivity index (χ2n) is 6.48. The highest BCUT2D eigenvalue weighted by atomic mass is 32.2. The highest BCUT2D eigenvalue weighted by Gasteiger charge is 2.32. The summed E-state index contributed by atoms with van der Waals surface area (Å²) >= 11 is 0. The Bertz CT molecular complexity index is 776. The number of benzene rings is 1. The Morgan fingerprint density at radius 3 is 2.48 bits per heavy atom. The van der Waals surface area contributed by atoms with E-state index in [2.05, 4.69) is 16.6 Å². The highest BCUT2D eigenvalue weighted by Crippen LogP contribution is 2.21. The molecule has 1 N–H and O–H groups in total. The van der Waals surface area contributed by atoms with E-state index in [4.69, 9.17) is 4.74 Å². The van der Waals surface area contributed by atoms with Crippen molar-refractivity contribution >= 4 is 10.0 Å². The van der Waals surface area contributed by atoms with Gasteiger partial charge in [-0.25, -0.2) is 13.1 Å². The molecule has 134 valence electrons. The molecule has 0 radical (unpaired) electrons. The Morgan fingerprint density at radius 2 is 1.80 bits per heavy atom. The quantitative estimate of drug-likeness (QED) is 0.824. The van der Waals surface area contributed by atoms with Crippen LogP contribution >= 0.6 is 0 Å². The molecule has 25 heavy (non-hydrogen) atoms. The number of pyridine rings is 1. The maximum Gasteiger partial charge on any atom is 0.240 e. The molecule has 1 aromatic heterocycles. The van der Waals surface area contributed by atoms with Crippen LogP contribution in [-0.2, 0) is 27.6 Å². The van der Waals surface area contributed by atoms with Crippen LogP contribution < -0.4 is 4.72 Å². The first-order valence-corrected chi connectivity index (χ1v) is 10.1. The maximum atomic E-state index is 12.7. The molecular formula is C19H24N2O3S. The van der Waals surface area contributed by atoms with E-state index in [-0.39, 0.29) is 12.0 Å². The van der Waals surface area contributed by atoms with Gasteiger partial charge in [-0.1, -0.05) is 25.5 Å². The molecule has 1 fully saturated rings. The van der Waals surface area contributed by atoms with Gasteiger partial charge in [0.05, 0.1) is 24.2 Å². The summed E-state index contributed by atoms with van der Waals surface area (Å²) in [6.45, 7) is 3.07. The fourth-order valence-corrected chi connectivity index (χ4v) is 4.43. The van der Waals surface area contributed by atoms with Crippen LogP contribution in [0.2, 0.25) is 0 Å². The van der Waals surface area contributed by atoms with Crippen LogP contribution in [0.25, 0.3) is 0 Å². The van der Waals surface area contributed by atoms with Crippen molar-refractivity contribution in [2.24, 2.45) is 5.92 Å². The molecule has 1 saturated heterocycles. The maximum absolute atomic E-state index is 12.7. The summed E-state index contributed by atoms with van der Waals surface area (Å²) in [7, 11) is -3.54. The fraction of sp³-hybridized carbons (Fsp3) is 0.421. The molecule has 0 unspecified atom stereocenters. The van der Waals surface area contributed by atoms with Crippen LogP contribution in [0, 0.1) is 5.92 Å². The third kappa shape index (κ3) is 4.66. The average molecular weight is 360 g/mol. The van der Waals surface area contributed by atoms with Gasteiger partial charge in [-0.15, -0.1) is 0 Å². The van der Waals surface area contributed by atoms with Crippen molar-refractivity contribution in [3.05, 3.63) is 59.9 Å². The van der Waals surface area contributed by atoms with Gasteiger partial charge in [0.1, 0.15) is 0 Å². The van der Waals surface area contributed by atoms with Gasteiger partial charge in [-0.2, -0.15) is 0 Å². The van der Waals surface area contributed by atoms with Gasteiger partial charge in [0.25, 0.3) is 0 Å². The van der Waals surface area contributed by atoms with Gasteiger partial charge in [0.15, 0.2) is 0 Å². The standard InChI is InChI=1S/C19H24N2O3S/c1-2-3-15-4-6-18(7-5-15)25(22,23)21-19-14-24-13-17(19)12-16-8-10-20-11-9-16/h4-11,17,19,21H,2-3,12-14H2,1H3/t17-,19+/m1/s1. The Balaban J connectivity index is 1.68. The number of rotatable bonds is 7. The fourth-order valence-electron chi connectivity index (χ4n) is 3.14. The summed E-state index contributed by atoms with van der Waals surface area (Å²) in [5, 5.41) is 0. The van der Waals surface area contributed by atoms with Crippen LogP contribution in [-0.4, -0.2) is 32.7 Å². The number of hydrogen-bond donors (Lipinski definition) is 1. The zero-order chi connectivity index (χ0) is 17.7. The lowest BCUT2D eigenvalue weighted by Gasteiger charge is -2.19. The number of sulfonamides is 1. The molecule has 1 aliphatic rings. The van der Waals surface area contributed by atoms with Crippen molar-refractivity contribution in [3.63, 3.8) is 0 Å². The summed E-state index contributed by atoms with van der Waals surface area (Å²) in [6, 6.07) is 10.8. The van der Waals surface area contributed by atoms with Crippen molar-refractivity contribution in [1.82, 2.24) is 9.71 Å². The molecule has 0 spiro atoms. The summed E-state index contributed by atoms with van der Waals surface area (Å²) in [5.74, 6) is 0.122. The first kappa shape index (κ1) is 18.0. The van der Waals surface area contributed by atoms with E-state index >= 15 is 0 Å². The van der Waals surface area contributed by atoms with Gasteiger partial charge in [-0.05, 0) is 48.2 Å². The molecule has 2 atom stereocenters. The largest absolute Gasteiger partial charge is 0.379 e. The van der Waals surface area contributed by atoms with Crippen LogP contribution in [0.5, 0.6) is 0 Å². The molecule has 0 aliphatic carbocycles. The minimum absolute atomic E-state index is 0.122. The van der Waals surface area contributed by atoms with Crippen LogP contribution in [0.3, 0.4) is 0 Å². The number of nitrogens with one attached hydrogen (secondary N) is 1. The molecule has 6 heteroatoms. The summed E-state index contributed by atoms with van der Waals surface area (Å²) in [4.78, 5) is 4.32. The second kappa shape index (κ2) is 8.08. The molecule has 0 bridgehead atoms. The normalized spacial score (nSPS) is 20.7. The molecule has 2 heterocycles. The first-order chi connectivity index (χ1) is 12.1. The van der Waals surface area contributed by atoms with Gasteiger partial charge >= 0.3 is 0 Å². The summed E-state index contributed by atoms with van der Waals surface area (Å²) in [6.07, 6.45) is 6.27. The minimum Gasteiger partial charge on any atom is -0.379 e. The third-order valence-corrected chi connectivity index (χ3v) is 6.03.